The molecule has 2 aromatic carbocycles. The van der Waals surface area contributed by atoms with Crippen LogP contribution in [0.15, 0.2) is 55.2 Å². The molecule has 0 fully saturated rings. The number of aromatic hydroxyl groups is 1. The van der Waals surface area contributed by atoms with Crippen molar-refractivity contribution in [2.24, 2.45) is 0 Å². The highest BCUT2D eigenvalue weighted by Crippen LogP contribution is 2.34. The number of phenols is 1. The molecular weight excluding hydrogens is 276 g/mol. The lowest BCUT2D eigenvalue weighted by atomic mass is 10.1. The van der Waals surface area contributed by atoms with Gasteiger partial charge in [0.2, 0.25) is 0 Å². The summed E-state index contributed by atoms with van der Waals surface area (Å²) in [5, 5.41) is 15.0. The van der Waals surface area contributed by atoms with E-state index in [0.29, 0.717) is 11.6 Å². The van der Waals surface area contributed by atoms with Crippen molar-refractivity contribution in [3.8, 4) is 11.5 Å². The number of ether oxygens (including phenoxy) is 1. The Hall–Kier alpha value is -3.01. The molecule has 0 amide bonds. The fourth-order valence-corrected chi connectivity index (χ4v) is 2.33. The van der Waals surface area contributed by atoms with Crippen molar-refractivity contribution in [3.63, 3.8) is 0 Å². The van der Waals surface area contributed by atoms with Gasteiger partial charge in [0.05, 0.1) is 7.11 Å². The number of nitrogens with zero attached hydrogens (tertiary/aromatic N) is 1. The molecule has 0 saturated carbocycles. The smallest absolute Gasteiger partial charge is 0.161 e. The van der Waals surface area contributed by atoms with Crippen molar-refractivity contribution in [2.75, 3.05) is 12.4 Å². The third kappa shape index (κ3) is 2.59. The van der Waals surface area contributed by atoms with Gasteiger partial charge in [-0.05, 0) is 41.3 Å². The molecule has 0 aliphatic heterocycles. The van der Waals surface area contributed by atoms with E-state index in [-0.39, 0.29) is 5.75 Å². The highest BCUT2D eigenvalue weighted by Gasteiger charge is 2.08. The number of phenolic OH excluding ortho intramolecular Hbond substituents is 1. The summed E-state index contributed by atoms with van der Waals surface area (Å²) < 4.78 is 5.14. The molecule has 0 bridgehead atoms. The number of methoxy groups -OCH3 is 1. The van der Waals surface area contributed by atoms with Crippen LogP contribution in [-0.4, -0.2) is 17.2 Å². The van der Waals surface area contributed by atoms with Crippen LogP contribution in [-0.2, 0) is 0 Å². The molecule has 110 valence electrons. The second-order valence-electron chi connectivity index (χ2n) is 4.86. The summed E-state index contributed by atoms with van der Waals surface area (Å²) in [6, 6.07) is 13.2. The second-order valence-corrected chi connectivity index (χ2v) is 4.86. The van der Waals surface area contributed by atoms with Gasteiger partial charge in [-0.1, -0.05) is 24.8 Å². The molecule has 1 aromatic heterocycles. The first kappa shape index (κ1) is 13.9. The van der Waals surface area contributed by atoms with Gasteiger partial charge in [-0.15, -0.1) is 0 Å². The fourth-order valence-electron chi connectivity index (χ4n) is 2.33. The van der Waals surface area contributed by atoms with E-state index < -0.39 is 0 Å². The molecule has 2 N–H and O–H groups in total. The van der Waals surface area contributed by atoms with E-state index in [1.807, 2.05) is 30.3 Å². The molecule has 0 spiro atoms. The van der Waals surface area contributed by atoms with E-state index in [2.05, 4.69) is 16.9 Å². The van der Waals surface area contributed by atoms with Crippen molar-refractivity contribution in [1.82, 2.24) is 4.98 Å². The van der Waals surface area contributed by atoms with Crippen LogP contribution in [0.4, 0.5) is 11.5 Å². The van der Waals surface area contributed by atoms with Gasteiger partial charge >= 0.3 is 0 Å². The molecule has 4 heteroatoms. The van der Waals surface area contributed by atoms with Crippen LogP contribution >= 0.6 is 0 Å². The molecule has 0 unspecified atom stereocenters. The molecule has 4 nitrogen and oxygen atoms in total. The molecule has 0 aliphatic rings. The summed E-state index contributed by atoms with van der Waals surface area (Å²) in [7, 11) is 1.53. The molecule has 3 aromatic rings. The summed E-state index contributed by atoms with van der Waals surface area (Å²) >= 11 is 0. The van der Waals surface area contributed by atoms with E-state index in [4.69, 9.17) is 4.74 Å². The first-order valence-electron chi connectivity index (χ1n) is 6.86. The monoisotopic (exact) mass is 292 g/mol. The molecule has 3 rings (SSSR count). The minimum absolute atomic E-state index is 0.0888. The first-order chi connectivity index (χ1) is 10.7. The van der Waals surface area contributed by atoms with Crippen molar-refractivity contribution < 1.29 is 9.84 Å². The Morgan fingerprint density at radius 2 is 2.09 bits per heavy atom. The number of hydrogen-bond donors (Lipinski definition) is 2. The third-order valence-corrected chi connectivity index (χ3v) is 3.45. The van der Waals surface area contributed by atoms with Gasteiger partial charge in [0.1, 0.15) is 5.82 Å². The Labute approximate surface area is 128 Å². The molecular formula is C18H16N2O2. The average Bonchev–Trinajstić information content (AvgIpc) is 2.55. The highest BCUT2D eigenvalue weighted by molar-refractivity contribution is 5.95. The zero-order chi connectivity index (χ0) is 15.5. The number of hydrogen-bond acceptors (Lipinski definition) is 4. The van der Waals surface area contributed by atoms with Gasteiger partial charge < -0.3 is 15.2 Å². The van der Waals surface area contributed by atoms with E-state index in [1.54, 1.807) is 24.4 Å². The molecule has 1 heterocycles. The van der Waals surface area contributed by atoms with Crippen LogP contribution in [0.2, 0.25) is 0 Å². The van der Waals surface area contributed by atoms with Crippen molar-refractivity contribution in [2.45, 2.75) is 0 Å². The lowest BCUT2D eigenvalue weighted by Gasteiger charge is -2.11. The first-order valence-corrected chi connectivity index (χ1v) is 6.86. The Bertz CT molecular complexity index is 844. The summed E-state index contributed by atoms with van der Waals surface area (Å²) in [5.74, 6) is 1.21. The van der Waals surface area contributed by atoms with Gasteiger partial charge in [0.15, 0.2) is 11.5 Å². The minimum atomic E-state index is 0.0888. The van der Waals surface area contributed by atoms with Crippen LogP contribution in [0, 0.1) is 0 Å². The van der Waals surface area contributed by atoms with Gasteiger partial charge in [0, 0.05) is 17.3 Å². The molecule has 0 radical (unpaired) electrons. The fraction of sp³-hybridized carbons (Fsp3) is 0.0556. The summed E-state index contributed by atoms with van der Waals surface area (Å²) in [5.41, 5.74) is 1.93. The lowest BCUT2D eigenvalue weighted by molar-refractivity contribution is 0.374. The van der Waals surface area contributed by atoms with Gasteiger partial charge in [-0.3, -0.25) is 0 Å². The lowest BCUT2D eigenvalue weighted by Crippen LogP contribution is -1.95. The SMILES string of the molecule is C=Cc1cccc(Nc2nccc3cc(OC)c(O)cc23)c1. The molecule has 0 aliphatic carbocycles. The van der Waals surface area contributed by atoms with Gasteiger partial charge in [0.25, 0.3) is 0 Å². The van der Waals surface area contributed by atoms with E-state index in [9.17, 15) is 5.11 Å². The van der Waals surface area contributed by atoms with Crippen molar-refractivity contribution >= 4 is 28.4 Å². The summed E-state index contributed by atoms with van der Waals surface area (Å²) in [6.45, 7) is 3.77. The zero-order valence-corrected chi connectivity index (χ0v) is 12.2. The highest BCUT2D eigenvalue weighted by atomic mass is 16.5. The molecule has 0 atom stereocenters. The Balaban J connectivity index is 2.06. The minimum Gasteiger partial charge on any atom is -0.504 e. The number of rotatable bonds is 4. The normalized spacial score (nSPS) is 10.4. The summed E-state index contributed by atoms with van der Waals surface area (Å²) in [6.07, 6.45) is 3.51. The maximum absolute atomic E-state index is 9.99. The predicted molar refractivity (Wildman–Crippen MR) is 89.8 cm³/mol. The number of pyridine rings is 1. The third-order valence-electron chi connectivity index (χ3n) is 3.45. The number of benzene rings is 2. The van der Waals surface area contributed by atoms with Gasteiger partial charge in [-0.2, -0.15) is 0 Å². The summed E-state index contributed by atoms with van der Waals surface area (Å²) in [4.78, 5) is 4.37. The second kappa shape index (κ2) is 5.77. The maximum Gasteiger partial charge on any atom is 0.161 e. The standard InChI is InChI=1S/C18H16N2O2/c1-3-12-5-4-6-14(9-12)20-18-15-11-16(21)17(22-2)10-13(15)7-8-19-18/h3-11,21H,1H2,2H3,(H,19,20). The van der Waals surface area contributed by atoms with E-state index >= 15 is 0 Å². The van der Waals surface area contributed by atoms with Crippen molar-refractivity contribution in [3.05, 3.63) is 60.8 Å². The van der Waals surface area contributed by atoms with E-state index in [1.165, 1.54) is 7.11 Å². The Morgan fingerprint density at radius 1 is 1.23 bits per heavy atom. The average molecular weight is 292 g/mol. The predicted octanol–water partition coefficient (Wildman–Crippen LogP) is 4.34. The molecule has 0 saturated heterocycles. The largest absolute Gasteiger partial charge is 0.504 e. The van der Waals surface area contributed by atoms with Crippen LogP contribution < -0.4 is 10.1 Å². The molecule has 22 heavy (non-hydrogen) atoms. The van der Waals surface area contributed by atoms with Crippen molar-refractivity contribution in [1.29, 1.82) is 0 Å². The maximum atomic E-state index is 9.99. The number of fused-ring (bicyclic) bond motifs is 1. The number of anilines is 2. The number of nitrogens with one attached hydrogen (secondary N) is 1. The quantitative estimate of drug-likeness (QED) is 0.751. The van der Waals surface area contributed by atoms with Crippen LogP contribution in [0.25, 0.3) is 16.8 Å². The van der Waals surface area contributed by atoms with E-state index in [0.717, 1.165) is 22.0 Å². The Kier molecular flexibility index (Phi) is 3.66. The topological polar surface area (TPSA) is 54.4 Å². The van der Waals surface area contributed by atoms with Crippen LogP contribution in [0.1, 0.15) is 5.56 Å². The van der Waals surface area contributed by atoms with Gasteiger partial charge in [-0.25, -0.2) is 4.98 Å². The zero-order valence-electron chi connectivity index (χ0n) is 12.2. The Morgan fingerprint density at radius 3 is 2.86 bits per heavy atom. The van der Waals surface area contributed by atoms with Crippen LogP contribution in [0.5, 0.6) is 11.5 Å². The number of aromatic nitrogens is 1. The van der Waals surface area contributed by atoms with Crippen LogP contribution in [0.3, 0.4) is 0 Å².